The summed E-state index contributed by atoms with van der Waals surface area (Å²) in [6.45, 7) is -0.326. The summed E-state index contributed by atoms with van der Waals surface area (Å²) in [7, 11) is 0. The number of fused-ring (bicyclic) bond motifs is 2. The summed E-state index contributed by atoms with van der Waals surface area (Å²) in [4.78, 5) is 43.7. The molecule has 1 aromatic heterocycles. The number of carbonyl (C=O) groups excluding carboxylic acids is 3. The highest BCUT2D eigenvalue weighted by atomic mass is 16.5. The number of hydrogen-bond donors (Lipinski definition) is 3. The average Bonchev–Trinajstić information content (AvgIpc) is 3.79. The van der Waals surface area contributed by atoms with Gasteiger partial charge in [0.15, 0.2) is 0 Å². The summed E-state index contributed by atoms with van der Waals surface area (Å²) in [5.74, 6) is -2.71. The van der Waals surface area contributed by atoms with Crippen molar-refractivity contribution in [3.63, 3.8) is 0 Å². The number of anilines is 1. The smallest absolute Gasteiger partial charge is 0.247 e. The number of aliphatic hydroxyl groups excluding tert-OH is 1. The van der Waals surface area contributed by atoms with Crippen molar-refractivity contribution in [2.24, 2.45) is 11.8 Å². The van der Waals surface area contributed by atoms with E-state index in [2.05, 4.69) is 20.9 Å². The van der Waals surface area contributed by atoms with Gasteiger partial charge in [-0.15, -0.1) is 5.10 Å². The van der Waals surface area contributed by atoms with E-state index in [1.165, 1.54) is 4.90 Å². The van der Waals surface area contributed by atoms with Crippen LogP contribution in [0.15, 0.2) is 84.9 Å². The van der Waals surface area contributed by atoms with E-state index >= 15 is 0 Å². The standard InChI is InChI=1S/C32H32N6O5/c39-18-22(17-20-9-3-1-4-10-20)38-28(30(41)33-19-37-24-14-8-7-13-23(24)35-36-37)32-16-15-25(43-32)26(27(32)31(38)42)29(40)34-21-11-5-2-6-12-21/h1-14,22,25-28,39H,15-19H2,(H,33,41)(H,34,40)/t22-,25+,26-,27+,28?,32?/m1/s1. The number of benzene rings is 3. The molecule has 0 saturated carbocycles. The number of rotatable bonds is 9. The van der Waals surface area contributed by atoms with E-state index in [9.17, 15) is 19.5 Å². The summed E-state index contributed by atoms with van der Waals surface area (Å²) in [5.41, 5.74) is 1.80. The molecule has 1 spiro atoms. The van der Waals surface area contributed by atoms with Crippen molar-refractivity contribution >= 4 is 34.4 Å². The van der Waals surface area contributed by atoms with Crippen molar-refractivity contribution in [1.29, 1.82) is 0 Å². The third-order valence-corrected chi connectivity index (χ3v) is 9.07. The molecular formula is C32H32N6O5. The number of amides is 3. The average molecular weight is 581 g/mol. The van der Waals surface area contributed by atoms with Crippen LogP contribution >= 0.6 is 0 Å². The molecule has 11 nitrogen and oxygen atoms in total. The van der Waals surface area contributed by atoms with Gasteiger partial charge in [-0.3, -0.25) is 14.4 Å². The maximum atomic E-state index is 14.4. The van der Waals surface area contributed by atoms with E-state index in [1.54, 1.807) is 16.8 Å². The van der Waals surface area contributed by atoms with E-state index in [0.29, 0.717) is 30.5 Å². The van der Waals surface area contributed by atoms with Gasteiger partial charge in [-0.1, -0.05) is 65.9 Å². The quantitative estimate of drug-likeness (QED) is 0.276. The minimum absolute atomic E-state index is 0.0302. The maximum Gasteiger partial charge on any atom is 0.247 e. The summed E-state index contributed by atoms with van der Waals surface area (Å²) < 4.78 is 8.12. The molecule has 3 aliphatic heterocycles. The van der Waals surface area contributed by atoms with Gasteiger partial charge in [-0.05, 0) is 49.1 Å². The van der Waals surface area contributed by atoms with Crippen LogP contribution in [-0.2, 0) is 32.2 Å². The summed E-state index contributed by atoms with van der Waals surface area (Å²) in [6, 6.07) is 24.3. The van der Waals surface area contributed by atoms with Gasteiger partial charge in [0.05, 0.1) is 36.1 Å². The topological polar surface area (TPSA) is 139 Å². The number of nitrogens with one attached hydrogen (secondary N) is 2. The molecule has 3 amide bonds. The number of nitrogens with zero attached hydrogens (tertiary/aromatic N) is 4. The van der Waals surface area contributed by atoms with Crippen LogP contribution in [0.2, 0.25) is 0 Å². The second-order valence-electron chi connectivity index (χ2n) is 11.5. The molecule has 43 heavy (non-hydrogen) atoms. The predicted molar refractivity (Wildman–Crippen MR) is 156 cm³/mol. The Morgan fingerprint density at radius 3 is 2.49 bits per heavy atom. The molecule has 0 aliphatic carbocycles. The van der Waals surface area contributed by atoms with Gasteiger partial charge in [0.1, 0.15) is 23.8 Å². The fourth-order valence-electron chi connectivity index (χ4n) is 7.25. The molecule has 11 heteroatoms. The lowest BCUT2D eigenvalue weighted by Crippen LogP contribution is -2.58. The van der Waals surface area contributed by atoms with Crippen LogP contribution in [0.25, 0.3) is 11.0 Å². The van der Waals surface area contributed by atoms with Crippen LogP contribution in [-0.4, -0.2) is 73.1 Å². The molecule has 6 atom stereocenters. The molecule has 3 saturated heterocycles. The zero-order valence-electron chi connectivity index (χ0n) is 23.4. The van der Waals surface area contributed by atoms with Crippen molar-refractivity contribution in [1.82, 2.24) is 25.2 Å². The number of ether oxygens (including phenoxy) is 1. The summed E-state index contributed by atoms with van der Waals surface area (Å²) in [5, 5.41) is 24.8. The maximum absolute atomic E-state index is 14.4. The van der Waals surface area contributed by atoms with Crippen LogP contribution in [0.4, 0.5) is 5.69 Å². The Morgan fingerprint density at radius 1 is 1.00 bits per heavy atom. The number of aliphatic hydroxyl groups is 1. The van der Waals surface area contributed by atoms with Crippen LogP contribution in [0.1, 0.15) is 18.4 Å². The molecule has 3 aliphatic rings. The molecule has 2 bridgehead atoms. The SMILES string of the molecule is O=C(NCn1nnc2ccccc21)C1N([C@@H](CO)Cc2ccccc2)C(=O)[C@@H]2[C@H](C(=O)Nc3ccccc3)[C@@H]3CCC12O3. The molecule has 7 rings (SSSR count). The van der Waals surface area contributed by atoms with Crippen molar-refractivity contribution in [2.45, 2.75) is 49.7 Å². The van der Waals surface area contributed by atoms with Crippen molar-refractivity contribution in [3.8, 4) is 0 Å². The van der Waals surface area contributed by atoms with Crippen molar-refractivity contribution in [2.75, 3.05) is 11.9 Å². The second-order valence-corrected chi connectivity index (χ2v) is 11.5. The lowest BCUT2D eigenvalue weighted by atomic mass is 9.70. The monoisotopic (exact) mass is 580 g/mol. The Hall–Kier alpha value is -4.61. The zero-order valence-corrected chi connectivity index (χ0v) is 23.4. The summed E-state index contributed by atoms with van der Waals surface area (Å²) >= 11 is 0. The lowest BCUT2D eigenvalue weighted by molar-refractivity contribution is -0.145. The van der Waals surface area contributed by atoms with E-state index in [-0.39, 0.29) is 25.1 Å². The number of aromatic nitrogens is 3. The number of likely N-dealkylation sites (tertiary alicyclic amines) is 1. The van der Waals surface area contributed by atoms with Gasteiger partial charge in [-0.25, -0.2) is 4.68 Å². The third-order valence-electron chi connectivity index (χ3n) is 9.07. The molecule has 2 unspecified atom stereocenters. The molecule has 0 radical (unpaired) electrons. The van der Waals surface area contributed by atoms with Crippen LogP contribution in [0.5, 0.6) is 0 Å². The van der Waals surface area contributed by atoms with Crippen LogP contribution < -0.4 is 10.6 Å². The van der Waals surface area contributed by atoms with Crippen molar-refractivity contribution in [3.05, 3.63) is 90.5 Å². The largest absolute Gasteiger partial charge is 0.394 e. The number of carbonyl (C=O) groups is 3. The Bertz CT molecular complexity index is 1660. The first kappa shape index (κ1) is 27.2. The third kappa shape index (κ3) is 4.56. The minimum Gasteiger partial charge on any atom is -0.394 e. The number of hydrogen-bond acceptors (Lipinski definition) is 7. The van der Waals surface area contributed by atoms with E-state index in [0.717, 1.165) is 11.1 Å². The lowest BCUT2D eigenvalue weighted by Gasteiger charge is -2.36. The Morgan fingerprint density at radius 2 is 1.72 bits per heavy atom. The van der Waals surface area contributed by atoms with Crippen LogP contribution in [0, 0.1) is 11.8 Å². The molecule has 3 aromatic carbocycles. The van der Waals surface area contributed by atoms with Gasteiger partial charge >= 0.3 is 0 Å². The molecule has 3 fully saturated rings. The minimum atomic E-state index is -1.20. The van der Waals surface area contributed by atoms with E-state index < -0.39 is 41.5 Å². The van der Waals surface area contributed by atoms with Gasteiger partial charge in [-0.2, -0.15) is 0 Å². The molecule has 220 valence electrons. The first-order chi connectivity index (χ1) is 21.0. The molecular weight excluding hydrogens is 548 g/mol. The Balaban J connectivity index is 1.22. The predicted octanol–water partition coefficient (Wildman–Crippen LogP) is 2.12. The van der Waals surface area contributed by atoms with E-state index in [4.69, 9.17) is 4.74 Å². The van der Waals surface area contributed by atoms with Gasteiger partial charge in [0.2, 0.25) is 17.7 Å². The normalized spacial score (nSPS) is 26.4. The highest BCUT2D eigenvalue weighted by Crippen LogP contribution is 2.59. The van der Waals surface area contributed by atoms with Crippen LogP contribution in [0.3, 0.4) is 0 Å². The Kier molecular flexibility index (Phi) is 6.91. The fourth-order valence-corrected chi connectivity index (χ4v) is 7.25. The van der Waals surface area contributed by atoms with Gasteiger partial charge in [0.25, 0.3) is 0 Å². The number of para-hydroxylation sites is 2. The van der Waals surface area contributed by atoms with Gasteiger partial charge in [0, 0.05) is 5.69 Å². The van der Waals surface area contributed by atoms with Gasteiger partial charge < -0.3 is 25.4 Å². The van der Waals surface area contributed by atoms with Crippen molar-refractivity contribution < 1.29 is 24.2 Å². The first-order valence-corrected chi connectivity index (χ1v) is 14.6. The Labute approximate surface area is 247 Å². The van der Waals surface area contributed by atoms with E-state index in [1.807, 2.05) is 72.8 Å². The highest BCUT2D eigenvalue weighted by molar-refractivity contribution is 6.02. The highest BCUT2D eigenvalue weighted by Gasteiger charge is 2.75. The zero-order chi connectivity index (χ0) is 29.6. The first-order valence-electron chi connectivity index (χ1n) is 14.6. The molecule has 3 N–H and O–H groups in total. The molecule has 4 heterocycles. The second kappa shape index (κ2) is 10.9. The summed E-state index contributed by atoms with van der Waals surface area (Å²) in [6.07, 6.45) is 0.849. The fraction of sp³-hybridized carbons (Fsp3) is 0.344. The molecule has 4 aromatic rings.